The summed E-state index contributed by atoms with van der Waals surface area (Å²) in [6.07, 6.45) is 3.16. The number of benzene rings is 1. The second kappa shape index (κ2) is 5.40. The van der Waals surface area contributed by atoms with Gasteiger partial charge in [0.25, 0.3) is 0 Å². The fourth-order valence-electron chi connectivity index (χ4n) is 1.98. The van der Waals surface area contributed by atoms with Crippen LogP contribution in [0.25, 0.3) is 16.6 Å². The summed E-state index contributed by atoms with van der Waals surface area (Å²) in [4.78, 5) is 11.5. The van der Waals surface area contributed by atoms with E-state index < -0.39 is 0 Å². The van der Waals surface area contributed by atoms with Gasteiger partial charge in [0.1, 0.15) is 6.07 Å². The molecule has 1 aromatic heterocycles. The lowest BCUT2D eigenvalue weighted by molar-refractivity contribution is -0.137. The SMILES string of the molecule is CCOC(=O)/C=C(/C)n1cc(C#N)c2ccccc21. The van der Waals surface area contributed by atoms with Crippen molar-refractivity contribution < 1.29 is 9.53 Å². The largest absolute Gasteiger partial charge is 0.463 e. The standard InChI is InChI=1S/C15H14N2O2/c1-3-19-15(18)8-11(2)17-10-12(9-16)13-6-4-5-7-14(13)17/h4-8,10H,3H2,1-2H3/b11-8-. The highest BCUT2D eigenvalue weighted by Gasteiger charge is 2.09. The number of carbonyl (C=O) groups is 1. The van der Waals surface area contributed by atoms with Crippen LogP contribution >= 0.6 is 0 Å². The minimum Gasteiger partial charge on any atom is -0.463 e. The van der Waals surface area contributed by atoms with Gasteiger partial charge in [0.2, 0.25) is 0 Å². The number of hydrogen-bond donors (Lipinski definition) is 0. The van der Waals surface area contributed by atoms with E-state index in [1.807, 2.05) is 35.8 Å². The van der Waals surface area contributed by atoms with Crippen LogP contribution in [-0.2, 0) is 9.53 Å². The van der Waals surface area contributed by atoms with Gasteiger partial charge in [-0.2, -0.15) is 5.26 Å². The van der Waals surface area contributed by atoms with Gasteiger partial charge < -0.3 is 9.30 Å². The highest BCUT2D eigenvalue weighted by atomic mass is 16.5. The first-order chi connectivity index (χ1) is 9.17. The number of nitriles is 1. The predicted octanol–water partition coefficient (Wildman–Crippen LogP) is 2.94. The molecule has 0 radical (unpaired) electrons. The summed E-state index contributed by atoms with van der Waals surface area (Å²) in [6, 6.07) is 9.75. The molecule has 0 N–H and O–H groups in total. The molecule has 19 heavy (non-hydrogen) atoms. The first kappa shape index (κ1) is 12.9. The lowest BCUT2D eigenvalue weighted by atomic mass is 10.2. The van der Waals surface area contributed by atoms with Crippen LogP contribution in [0.15, 0.2) is 36.5 Å². The van der Waals surface area contributed by atoms with Crippen molar-refractivity contribution in [1.29, 1.82) is 5.26 Å². The molecule has 0 bridgehead atoms. The zero-order valence-electron chi connectivity index (χ0n) is 10.9. The van der Waals surface area contributed by atoms with Gasteiger partial charge in [0.15, 0.2) is 0 Å². The van der Waals surface area contributed by atoms with Crippen LogP contribution in [-0.4, -0.2) is 17.1 Å². The Morgan fingerprint density at radius 1 is 1.47 bits per heavy atom. The van der Waals surface area contributed by atoms with Crippen LogP contribution in [0, 0.1) is 11.3 Å². The number of rotatable bonds is 3. The quantitative estimate of drug-likeness (QED) is 0.625. The number of nitrogens with zero attached hydrogens (tertiary/aromatic N) is 2. The summed E-state index contributed by atoms with van der Waals surface area (Å²) in [7, 11) is 0. The van der Waals surface area contributed by atoms with Crippen LogP contribution in [0.5, 0.6) is 0 Å². The topological polar surface area (TPSA) is 55.0 Å². The molecule has 0 unspecified atom stereocenters. The van der Waals surface area contributed by atoms with Gasteiger partial charge in [0.05, 0.1) is 17.7 Å². The van der Waals surface area contributed by atoms with E-state index in [-0.39, 0.29) is 5.97 Å². The molecule has 0 atom stereocenters. The van der Waals surface area contributed by atoms with Gasteiger partial charge >= 0.3 is 5.97 Å². The van der Waals surface area contributed by atoms with Crippen LogP contribution < -0.4 is 0 Å². The molecule has 0 aliphatic carbocycles. The molecule has 96 valence electrons. The molecule has 0 aliphatic heterocycles. The normalized spacial score (nSPS) is 11.3. The first-order valence-electron chi connectivity index (χ1n) is 6.03. The Morgan fingerprint density at radius 3 is 2.89 bits per heavy atom. The molecular weight excluding hydrogens is 240 g/mol. The molecule has 0 saturated heterocycles. The number of carbonyl (C=O) groups excluding carboxylic acids is 1. The molecular formula is C15H14N2O2. The minimum atomic E-state index is -0.378. The molecule has 0 amide bonds. The van der Waals surface area contributed by atoms with Crippen molar-refractivity contribution in [3.8, 4) is 6.07 Å². The third-order valence-electron chi connectivity index (χ3n) is 2.83. The average Bonchev–Trinajstić information content (AvgIpc) is 2.77. The van der Waals surface area contributed by atoms with Crippen molar-refractivity contribution in [3.05, 3.63) is 42.1 Å². The lowest BCUT2D eigenvalue weighted by Gasteiger charge is -2.05. The summed E-state index contributed by atoms with van der Waals surface area (Å²) in [5, 5.41) is 10.00. The maximum Gasteiger partial charge on any atom is 0.332 e. The number of allylic oxidation sites excluding steroid dienone is 1. The highest BCUT2D eigenvalue weighted by molar-refractivity contribution is 5.92. The second-order valence-electron chi connectivity index (χ2n) is 4.08. The zero-order chi connectivity index (χ0) is 13.8. The monoisotopic (exact) mass is 254 g/mol. The van der Waals surface area contributed by atoms with E-state index in [2.05, 4.69) is 6.07 Å². The molecule has 2 aromatic rings. The lowest BCUT2D eigenvalue weighted by Crippen LogP contribution is -2.02. The molecule has 4 nitrogen and oxygen atoms in total. The zero-order valence-corrected chi connectivity index (χ0v) is 10.9. The summed E-state index contributed by atoms with van der Waals surface area (Å²) in [6.45, 7) is 3.92. The Kier molecular flexibility index (Phi) is 3.67. The van der Waals surface area contributed by atoms with Crippen LogP contribution in [0.4, 0.5) is 0 Å². The van der Waals surface area contributed by atoms with E-state index in [9.17, 15) is 4.79 Å². The maximum atomic E-state index is 11.5. The fourth-order valence-corrected chi connectivity index (χ4v) is 1.98. The highest BCUT2D eigenvalue weighted by Crippen LogP contribution is 2.23. The van der Waals surface area contributed by atoms with Gasteiger partial charge in [-0.05, 0) is 19.9 Å². The van der Waals surface area contributed by atoms with Gasteiger partial charge in [-0.3, -0.25) is 0 Å². The Labute approximate surface area is 111 Å². The van der Waals surface area contributed by atoms with Crippen LogP contribution in [0.2, 0.25) is 0 Å². The Hall–Kier alpha value is -2.54. The third kappa shape index (κ3) is 2.50. The van der Waals surface area contributed by atoms with E-state index in [1.54, 1.807) is 13.1 Å². The number of aromatic nitrogens is 1. The van der Waals surface area contributed by atoms with Gasteiger partial charge in [-0.15, -0.1) is 0 Å². The number of fused-ring (bicyclic) bond motifs is 1. The molecule has 0 fully saturated rings. The van der Waals surface area contributed by atoms with Crippen LogP contribution in [0.3, 0.4) is 0 Å². The Morgan fingerprint density at radius 2 is 2.21 bits per heavy atom. The van der Waals surface area contributed by atoms with Crippen molar-refractivity contribution in [3.63, 3.8) is 0 Å². The van der Waals surface area contributed by atoms with Gasteiger partial charge in [-0.1, -0.05) is 18.2 Å². The third-order valence-corrected chi connectivity index (χ3v) is 2.83. The number of para-hydroxylation sites is 1. The minimum absolute atomic E-state index is 0.346. The number of ether oxygens (including phenoxy) is 1. The van der Waals surface area contributed by atoms with Crippen molar-refractivity contribution in [2.45, 2.75) is 13.8 Å². The predicted molar refractivity (Wildman–Crippen MR) is 73.2 cm³/mol. The van der Waals surface area contributed by atoms with Crippen LogP contribution in [0.1, 0.15) is 19.4 Å². The molecule has 0 aliphatic rings. The Balaban J connectivity index is 2.52. The average molecular weight is 254 g/mol. The molecule has 1 heterocycles. The number of esters is 1. The second-order valence-corrected chi connectivity index (χ2v) is 4.08. The van der Waals surface area contributed by atoms with Crippen molar-refractivity contribution in [2.24, 2.45) is 0 Å². The van der Waals surface area contributed by atoms with Crippen molar-refractivity contribution >= 4 is 22.6 Å². The van der Waals surface area contributed by atoms with E-state index in [4.69, 9.17) is 10.00 Å². The molecule has 2 rings (SSSR count). The van der Waals surface area contributed by atoms with Crippen molar-refractivity contribution in [2.75, 3.05) is 6.61 Å². The summed E-state index contributed by atoms with van der Waals surface area (Å²) < 4.78 is 6.71. The molecule has 0 spiro atoms. The van der Waals surface area contributed by atoms with Gasteiger partial charge in [-0.25, -0.2) is 4.79 Å². The molecule has 4 heteroatoms. The maximum absolute atomic E-state index is 11.5. The Bertz CT molecular complexity index is 690. The number of hydrogen-bond acceptors (Lipinski definition) is 3. The van der Waals surface area contributed by atoms with E-state index in [0.717, 1.165) is 16.6 Å². The molecule has 1 aromatic carbocycles. The van der Waals surface area contributed by atoms with E-state index in [0.29, 0.717) is 12.2 Å². The fraction of sp³-hybridized carbons (Fsp3) is 0.200. The smallest absolute Gasteiger partial charge is 0.332 e. The molecule has 0 saturated carbocycles. The summed E-state index contributed by atoms with van der Waals surface area (Å²) in [5.41, 5.74) is 2.21. The first-order valence-corrected chi connectivity index (χ1v) is 6.03. The van der Waals surface area contributed by atoms with Gasteiger partial charge in [0, 0.05) is 23.4 Å². The van der Waals surface area contributed by atoms with E-state index in [1.165, 1.54) is 6.08 Å². The summed E-state index contributed by atoms with van der Waals surface area (Å²) >= 11 is 0. The van der Waals surface area contributed by atoms with Crippen molar-refractivity contribution in [1.82, 2.24) is 4.57 Å². The van der Waals surface area contributed by atoms with E-state index >= 15 is 0 Å². The summed E-state index contributed by atoms with van der Waals surface area (Å²) in [5.74, 6) is -0.378.